The second-order valence-electron chi connectivity index (χ2n) is 10.5. The number of halogens is 1. The third-order valence-electron chi connectivity index (χ3n) is 6.05. The summed E-state index contributed by atoms with van der Waals surface area (Å²) in [4.78, 5) is 2.22. The molecule has 0 heterocycles. The Bertz CT molecular complexity index is 939. The Morgan fingerprint density at radius 1 is 0.800 bits per heavy atom. The van der Waals surface area contributed by atoms with Gasteiger partial charge >= 0.3 is 0 Å². The van der Waals surface area contributed by atoms with E-state index in [0.29, 0.717) is 22.6 Å². The van der Waals surface area contributed by atoms with Crippen LogP contribution in [0.3, 0.4) is 0 Å². The van der Waals surface area contributed by atoms with Gasteiger partial charge in [-0.2, -0.15) is 0 Å². The molecule has 1 radical (unpaired) electrons. The van der Waals surface area contributed by atoms with Crippen LogP contribution in [0, 0.1) is 6.42 Å². The van der Waals surface area contributed by atoms with Gasteiger partial charge in [-0.05, 0) is 53.3 Å². The van der Waals surface area contributed by atoms with Crippen molar-refractivity contribution in [2.45, 2.75) is 78.0 Å². The van der Waals surface area contributed by atoms with Crippen LogP contribution in [-0.2, 0) is 20.1 Å². The van der Waals surface area contributed by atoms with Crippen LogP contribution in [0.4, 0.5) is 0 Å². The molecule has 2 aliphatic carbocycles. The second kappa shape index (κ2) is 15.1. The Morgan fingerprint density at radius 3 is 1.71 bits per heavy atom. The molecule has 0 atom stereocenters. The zero-order valence-corrected chi connectivity index (χ0v) is 28.7. The fraction of sp³-hybridized carbons (Fsp3) is 0.552. The molecule has 0 bridgehead atoms. The Labute approximate surface area is 238 Å². The first kappa shape index (κ1) is 34.6. The van der Waals surface area contributed by atoms with Gasteiger partial charge < -0.3 is 17.3 Å². The molecule has 0 aliphatic heterocycles. The van der Waals surface area contributed by atoms with Crippen molar-refractivity contribution in [3.8, 4) is 0 Å². The minimum atomic E-state index is -0.290. The van der Waals surface area contributed by atoms with Gasteiger partial charge in [0.05, 0.1) is 0 Å². The summed E-state index contributed by atoms with van der Waals surface area (Å²) < 4.78 is 2.22. The maximum Gasteiger partial charge on any atom is 0.200 e. The molecule has 0 unspecified atom stereocenters. The summed E-state index contributed by atoms with van der Waals surface area (Å²) in [6.07, 6.45) is 14.0. The van der Waals surface area contributed by atoms with E-state index in [0.717, 1.165) is 0 Å². The predicted molar refractivity (Wildman–Crippen MR) is 153 cm³/mol. The van der Waals surface area contributed by atoms with Crippen molar-refractivity contribution in [1.29, 1.82) is 0 Å². The molecule has 0 aromatic heterocycles. The molecule has 6 heteroatoms. The van der Waals surface area contributed by atoms with Crippen molar-refractivity contribution in [3.05, 3.63) is 70.0 Å². The van der Waals surface area contributed by atoms with Crippen molar-refractivity contribution in [1.82, 2.24) is 4.90 Å². The summed E-state index contributed by atoms with van der Waals surface area (Å²) in [5.41, 5.74) is 11.6. The molecule has 35 heavy (non-hydrogen) atoms. The van der Waals surface area contributed by atoms with E-state index in [1.54, 1.807) is 0 Å². The van der Waals surface area contributed by atoms with Gasteiger partial charge in [0.2, 0.25) is 0 Å². The predicted octanol–water partition coefficient (Wildman–Crippen LogP) is 4.75. The summed E-state index contributed by atoms with van der Waals surface area (Å²) in [7, 11) is 7.96. The van der Waals surface area contributed by atoms with E-state index < -0.39 is 0 Å². The van der Waals surface area contributed by atoms with Crippen molar-refractivity contribution < 1.29 is 37.1 Å². The first-order valence-electron chi connectivity index (χ1n) is 12.3. The summed E-state index contributed by atoms with van der Waals surface area (Å²) in [6, 6.07) is 0. The van der Waals surface area contributed by atoms with Crippen LogP contribution in [0.15, 0.2) is 63.6 Å². The topological polar surface area (TPSA) is 6.25 Å². The molecule has 0 aromatic rings. The summed E-state index contributed by atoms with van der Waals surface area (Å²) in [5.74, 6) is 0. The summed E-state index contributed by atoms with van der Waals surface area (Å²) in [6.45, 7) is 19.0. The van der Waals surface area contributed by atoms with Crippen LogP contribution in [0.5, 0.6) is 0 Å². The van der Waals surface area contributed by atoms with E-state index in [1.165, 1.54) is 33.2 Å². The molecule has 2 nitrogen and oxygen atoms in total. The molecular weight excluding hydrogens is 666 g/mol. The average Bonchev–Trinajstić information content (AvgIpc) is 2.68. The molecule has 0 aromatic carbocycles. The first-order chi connectivity index (χ1) is 15.3. The van der Waals surface area contributed by atoms with Crippen LogP contribution >= 0.6 is 15.8 Å². The maximum absolute atomic E-state index is 3.95. The minimum absolute atomic E-state index is 0. The van der Waals surface area contributed by atoms with E-state index in [4.69, 9.17) is 0 Å². The van der Waals surface area contributed by atoms with Crippen LogP contribution in [0.25, 0.3) is 0 Å². The van der Waals surface area contributed by atoms with Crippen LogP contribution in [0.2, 0.25) is 0 Å². The average molecular weight is 712 g/mol. The Kier molecular flexibility index (Phi) is 15.0. The van der Waals surface area contributed by atoms with E-state index in [-0.39, 0.29) is 48.4 Å². The van der Waals surface area contributed by atoms with E-state index >= 15 is 0 Å². The van der Waals surface area contributed by atoms with Gasteiger partial charge in [-0.15, -0.1) is 32.1 Å². The van der Waals surface area contributed by atoms with Crippen molar-refractivity contribution in [3.63, 3.8) is 0 Å². The van der Waals surface area contributed by atoms with Crippen LogP contribution in [0.1, 0.15) is 55.4 Å². The molecule has 0 fully saturated rings. The standard InChI is InChI=1S/C29H46N2P2.ClH.Ir/c1-20(2)32(21(3)4)28-18-26(30(9)10)15-13-24(28)17-25-14-16-27(31(11)12)19-29(25)33(22(5)6)23(7)8;;/h13-16,18-23H,1-12H3;1H;/p-1. The van der Waals surface area contributed by atoms with Gasteiger partial charge in [0.1, 0.15) is 14.1 Å². The number of nitrogens with zero attached hydrogens (tertiary/aromatic N) is 2. The monoisotopic (exact) mass is 712 g/mol. The summed E-state index contributed by atoms with van der Waals surface area (Å²) in [5, 5.41) is 2.98. The number of rotatable bonds is 7. The molecule has 0 saturated carbocycles. The maximum atomic E-state index is 3.95. The van der Waals surface area contributed by atoms with Gasteiger partial charge in [0, 0.05) is 32.3 Å². The van der Waals surface area contributed by atoms with Crippen molar-refractivity contribution in [2.24, 2.45) is 0 Å². The number of hydrogen-bond acceptors (Lipinski definition) is 1. The van der Waals surface area contributed by atoms with E-state index in [2.05, 4.69) is 136 Å². The number of hydrogen-bond donors (Lipinski definition) is 0. The normalized spacial score (nSPS) is 15.7. The number of allylic oxidation sites excluding steroid dienone is 8. The fourth-order valence-electron chi connectivity index (χ4n) is 4.69. The van der Waals surface area contributed by atoms with Gasteiger partial charge in [-0.3, -0.25) is 0 Å². The van der Waals surface area contributed by atoms with E-state index in [9.17, 15) is 0 Å². The largest absolute Gasteiger partial charge is 1.00 e. The molecule has 2 aliphatic rings. The molecule has 199 valence electrons. The Hall–Kier alpha value is -0.381. The molecule has 0 N–H and O–H groups in total. The zero-order valence-electron chi connectivity index (χ0n) is 23.8. The van der Waals surface area contributed by atoms with Crippen LogP contribution < -0.4 is 12.4 Å². The Morgan fingerprint density at radius 2 is 1.29 bits per heavy atom. The van der Waals surface area contributed by atoms with Crippen LogP contribution in [-0.4, -0.2) is 66.0 Å². The minimum Gasteiger partial charge on any atom is -1.00 e. The molecule has 0 spiro atoms. The van der Waals surface area contributed by atoms with Crippen molar-refractivity contribution in [2.75, 3.05) is 28.2 Å². The quantitative estimate of drug-likeness (QED) is 0.160. The van der Waals surface area contributed by atoms with E-state index in [1.807, 2.05) is 0 Å². The number of likely N-dealkylation sites (N-methyl/N-ethyl adjacent to an activating group) is 1. The molecule has 0 amide bonds. The fourth-order valence-corrected chi connectivity index (χ4v) is 10.7. The smallest absolute Gasteiger partial charge is 0.200 e. The first-order valence-corrected chi connectivity index (χ1v) is 15.3. The van der Waals surface area contributed by atoms with Gasteiger partial charge in [-0.25, -0.2) is 10.3 Å². The van der Waals surface area contributed by atoms with Crippen molar-refractivity contribution >= 4 is 21.6 Å². The molecule has 2 rings (SSSR count). The third kappa shape index (κ3) is 8.85. The third-order valence-corrected chi connectivity index (χ3v) is 12.3. The SMILES string of the molecule is CC(C)P(C1=CC(=[N+](C)C)C=CC1=C=C1[CH-]C=C(N(C)C)C=C1P(C(C)C)C(C)C)C(C)C.[Cl-].[Ir]. The second-order valence-corrected chi connectivity index (χ2v) is 17.2. The van der Waals surface area contributed by atoms with Gasteiger partial charge in [0.25, 0.3) is 0 Å². The zero-order chi connectivity index (χ0) is 25.0. The van der Waals surface area contributed by atoms with Gasteiger partial charge in [-0.1, -0.05) is 74.7 Å². The van der Waals surface area contributed by atoms with Gasteiger partial charge in [0.15, 0.2) is 5.71 Å². The molecule has 0 saturated heterocycles. The Balaban J connectivity index is 0.00000578. The summed E-state index contributed by atoms with van der Waals surface area (Å²) >= 11 is 0. The molecular formula is C29H46ClIrN2P2-.